The monoisotopic (exact) mass is 323 g/mol. The summed E-state index contributed by atoms with van der Waals surface area (Å²) in [6.45, 7) is 4.72. The number of aryl methyl sites for hydroxylation is 1. The van der Waals surface area contributed by atoms with Gasteiger partial charge in [0, 0.05) is 31.0 Å². The van der Waals surface area contributed by atoms with Crippen LogP contribution in [0.3, 0.4) is 0 Å². The highest BCUT2D eigenvalue weighted by molar-refractivity contribution is 6.00. The van der Waals surface area contributed by atoms with Crippen molar-refractivity contribution >= 4 is 17.3 Å². The topological polar surface area (TPSA) is 58.4 Å². The molecule has 0 aliphatic carbocycles. The lowest BCUT2D eigenvalue weighted by Gasteiger charge is -2.21. The second-order valence-corrected chi connectivity index (χ2v) is 6.46. The van der Waals surface area contributed by atoms with Gasteiger partial charge >= 0.3 is 0 Å². The van der Waals surface area contributed by atoms with Crippen molar-refractivity contribution in [1.82, 2.24) is 5.32 Å². The summed E-state index contributed by atoms with van der Waals surface area (Å²) < 4.78 is 0. The van der Waals surface area contributed by atoms with Crippen LogP contribution in [0, 0.1) is 6.92 Å². The minimum Gasteiger partial charge on any atom is -0.399 e. The Balaban J connectivity index is 1.65. The summed E-state index contributed by atoms with van der Waals surface area (Å²) in [5.74, 6) is 0.0102. The number of nitrogens with two attached hydrogens (primary N) is 1. The van der Waals surface area contributed by atoms with Gasteiger partial charge in [-0.3, -0.25) is 4.79 Å². The second kappa shape index (κ2) is 7.39. The van der Waals surface area contributed by atoms with E-state index in [4.69, 9.17) is 5.73 Å². The van der Waals surface area contributed by atoms with E-state index in [0.29, 0.717) is 6.54 Å². The lowest BCUT2D eigenvalue weighted by Crippen LogP contribution is -2.29. The van der Waals surface area contributed by atoms with Crippen LogP contribution in [-0.2, 0) is 6.42 Å². The van der Waals surface area contributed by atoms with Gasteiger partial charge in [-0.25, -0.2) is 0 Å². The smallest absolute Gasteiger partial charge is 0.253 e. The summed E-state index contributed by atoms with van der Waals surface area (Å²) in [6, 6.07) is 13.9. The Kier molecular flexibility index (Phi) is 5.04. The number of hydrogen-bond acceptors (Lipinski definition) is 3. The summed E-state index contributed by atoms with van der Waals surface area (Å²) in [5.41, 5.74) is 10.6. The highest BCUT2D eigenvalue weighted by atomic mass is 16.1. The van der Waals surface area contributed by atoms with Crippen molar-refractivity contribution < 1.29 is 4.79 Å². The molecule has 3 rings (SSSR count). The summed E-state index contributed by atoms with van der Waals surface area (Å²) in [4.78, 5) is 15.0. The van der Waals surface area contributed by atoms with E-state index < -0.39 is 0 Å². The maximum absolute atomic E-state index is 12.7. The molecule has 0 bridgehead atoms. The molecular formula is C20H25N3O. The standard InChI is InChI=1S/C20H25N3O/c1-15-4-9-19(23-12-2-3-13-23)18(14-15)20(24)22-11-10-16-5-7-17(21)8-6-16/h4-9,14H,2-3,10-13,21H2,1H3,(H,22,24). The van der Waals surface area contributed by atoms with Crippen LogP contribution in [0.4, 0.5) is 11.4 Å². The Morgan fingerprint density at radius 1 is 1.12 bits per heavy atom. The van der Waals surface area contributed by atoms with Crippen molar-refractivity contribution in [3.8, 4) is 0 Å². The molecule has 0 unspecified atom stereocenters. The number of amides is 1. The normalized spacial score (nSPS) is 14.0. The van der Waals surface area contributed by atoms with Crippen molar-refractivity contribution in [3.05, 3.63) is 59.2 Å². The van der Waals surface area contributed by atoms with E-state index >= 15 is 0 Å². The Bertz CT molecular complexity index is 703. The van der Waals surface area contributed by atoms with Crippen LogP contribution in [0.5, 0.6) is 0 Å². The lowest BCUT2D eigenvalue weighted by molar-refractivity contribution is 0.0954. The first-order chi connectivity index (χ1) is 11.6. The molecule has 24 heavy (non-hydrogen) atoms. The Labute approximate surface area is 143 Å². The van der Waals surface area contributed by atoms with E-state index in [0.717, 1.165) is 42.0 Å². The Morgan fingerprint density at radius 2 is 1.83 bits per heavy atom. The zero-order valence-electron chi connectivity index (χ0n) is 14.2. The number of anilines is 2. The highest BCUT2D eigenvalue weighted by Crippen LogP contribution is 2.25. The third-order valence-corrected chi connectivity index (χ3v) is 4.52. The molecule has 1 saturated heterocycles. The van der Waals surface area contributed by atoms with Gasteiger partial charge < -0.3 is 16.0 Å². The van der Waals surface area contributed by atoms with E-state index in [2.05, 4.69) is 22.3 Å². The predicted molar refractivity (Wildman–Crippen MR) is 99.5 cm³/mol. The molecule has 3 N–H and O–H groups in total. The van der Waals surface area contributed by atoms with Crippen LogP contribution in [-0.4, -0.2) is 25.5 Å². The van der Waals surface area contributed by atoms with Crippen molar-refractivity contribution in [2.45, 2.75) is 26.2 Å². The number of nitrogens with one attached hydrogen (secondary N) is 1. The highest BCUT2D eigenvalue weighted by Gasteiger charge is 2.19. The number of benzene rings is 2. The molecule has 4 nitrogen and oxygen atoms in total. The zero-order valence-corrected chi connectivity index (χ0v) is 14.2. The molecule has 0 aromatic heterocycles. The van der Waals surface area contributed by atoms with E-state index in [9.17, 15) is 4.79 Å². The number of nitrogens with zero attached hydrogens (tertiary/aromatic N) is 1. The molecule has 1 amide bonds. The van der Waals surface area contributed by atoms with Gasteiger partial charge in [-0.15, -0.1) is 0 Å². The van der Waals surface area contributed by atoms with Gasteiger partial charge in [0.2, 0.25) is 0 Å². The summed E-state index contributed by atoms with van der Waals surface area (Å²) in [7, 11) is 0. The van der Waals surface area contributed by atoms with Gasteiger partial charge in [-0.05, 0) is 56.0 Å². The van der Waals surface area contributed by atoms with Gasteiger partial charge in [-0.1, -0.05) is 23.8 Å². The van der Waals surface area contributed by atoms with Gasteiger partial charge in [0.1, 0.15) is 0 Å². The molecule has 0 atom stereocenters. The molecule has 0 radical (unpaired) electrons. The fourth-order valence-corrected chi connectivity index (χ4v) is 3.17. The van der Waals surface area contributed by atoms with Crippen molar-refractivity contribution in [2.24, 2.45) is 0 Å². The van der Waals surface area contributed by atoms with Crippen LogP contribution < -0.4 is 16.0 Å². The third kappa shape index (κ3) is 3.88. The molecule has 1 fully saturated rings. The molecule has 1 heterocycles. The SMILES string of the molecule is Cc1ccc(N2CCCC2)c(C(=O)NCCc2ccc(N)cc2)c1. The summed E-state index contributed by atoms with van der Waals surface area (Å²) in [6.07, 6.45) is 3.20. The molecule has 4 heteroatoms. The summed E-state index contributed by atoms with van der Waals surface area (Å²) in [5, 5.41) is 3.06. The van der Waals surface area contributed by atoms with E-state index in [-0.39, 0.29) is 5.91 Å². The quantitative estimate of drug-likeness (QED) is 0.831. The fourth-order valence-electron chi connectivity index (χ4n) is 3.17. The van der Waals surface area contributed by atoms with Crippen LogP contribution >= 0.6 is 0 Å². The molecule has 1 aliphatic heterocycles. The Morgan fingerprint density at radius 3 is 2.54 bits per heavy atom. The van der Waals surface area contributed by atoms with Crippen LogP contribution in [0.15, 0.2) is 42.5 Å². The number of carbonyl (C=O) groups excluding carboxylic acids is 1. The largest absolute Gasteiger partial charge is 0.399 e. The van der Waals surface area contributed by atoms with Crippen molar-refractivity contribution in [3.63, 3.8) is 0 Å². The van der Waals surface area contributed by atoms with E-state index in [1.807, 2.05) is 37.3 Å². The molecule has 1 aliphatic rings. The summed E-state index contributed by atoms with van der Waals surface area (Å²) >= 11 is 0. The van der Waals surface area contributed by atoms with Gasteiger partial charge in [0.05, 0.1) is 5.56 Å². The minimum absolute atomic E-state index is 0.0102. The predicted octanol–water partition coefficient (Wildman–Crippen LogP) is 3.15. The van der Waals surface area contributed by atoms with E-state index in [1.54, 1.807) is 0 Å². The van der Waals surface area contributed by atoms with Gasteiger partial charge in [0.15, 0.2) is 0 Å². The number of rotatable bonds is 5. The maximum atomic E-state index is 12.7. The van der Waals surface area contributed by atoms with Crippen LogP contribution in [0.1, 0.15) is 34.3 Å². The van der Waals surface area contributed by atoms with Gasteiger partial charge in [0.25, 0.3) is 5.91 Å². The molecule has 126 valence electrons. The first-order valence-electron chi connectivity index (χ1n) is 8.62. The van der Waals surface area contributed by atoms with Crippen LogP contribution in [0.2, 0.25) is 0 Å². The first-order valence-corrected chi connectivity index (χ1v) is 8.62. The third-order valence-electron chi connectivity index (χ3n) is 4.52. The number of nitrogen functional groups attached to an aromatic ring is 1. The average molecular weight is 323 g/mol. The molecule has 2 aromatic carbocycles. The second-order valence-electron chi connectivity index (χ2n) is 6.46. The maximum Gasteiger partial charge on any atom is 0.253 e. The molecule has 2 aromatic rings. The zero-order chi connectivity index (χ0) is 16.9. The first kappa shape index (κ1) is 16.4. The fraction of sp³-hybridized carbons (Fsp3) is 0.350. The lowest BCUT2D eigenvalue weighted by atomic mass is 10.1. The Hall–Kier alpha value is -2.49. The minimum atomic E-state index is 0.0102. The van der Waals surface area contributed by atoms with Crippen LogP contribution in [0.25, 0.3) is 0 Å². The average Bonchev–Trinajstić information content (AvgIpc) is 3.11. The van der Waals surface area contributed by atoms with Gasteiger partial charge in [-0.2, -0.15) is 0 Å². The van der Waals surface area contributed by atoms with Crippen molar-refractivity contribution in [2.75, 3.05) is 30.3 Å². The molecular weight excluding hydrogens is 298 g/mol. The number of carbonyl (C=O) groups is 1. The number of hydrogen-bond donors (Lipinski definition) is 2. The van der Waals surface area contributed by atoms with E-state index in [1.165, 1.54) is 18.4 Å². The molecule has 0 saturated carbocycles. The van der Waals surface area contributed by atoms with Crippen molar-refractivity contribution in [1.29, 1.82) is 0 Å². The molecule has 0 spiro atoms.